The number of anilines is 1. The SMILES string of the molecule is C/C=C(\C)CCCOc1c(N)cc(Cl)c2c1[nH]c1ccc(F)cc12. The van der Waals surface area contributed by atoms with E-state index in [4.69, 9.17) is 22.1 Å². The summed E-state index contributed by atoms with van der Waals surface area (Å²) < 4.78 is 19.5. The van der Waals surface area contributed by atoms with E-state index in [-0.39, 0.29) is 5.82 Å². The first-order valence-electron chi connectivity index (χ1n) is 7.94. The van der Waals surface area contributed by atoms with Crippen molar-refractivity contribution in [2.45, 2.75) is 26.7 Å². The molecule has 3 rings (SSSR count). The Labute approximate surface area is 145 Å². The van der Waals surface area contributed by atoms with Crippen LogP contribution in [0.25, 0.3) is 21.8 Å². The van der Waals surface area contributed by atoms with Crippen molar-refractivity contribution in [1.29, 1.82) is 0 Å². The van der Waals surface area contributed by atoms with E-state index < -0.39 is 0 Å². The Balaban J connectivity index is 1.99. The van der Waals surface area contributed by atoms with Gasteiger partial charge in [0.05, 0.1) is 22.8 Å². The molecule has 1 heterocycles. The van der Waals surface area contributed by atoms with Gasteiger partial charge in [-0.25, -0.2) is 4.39 Å². The molecule has 126 valence electrons. The van der Waals surface area contributed by atoms with E-state index in [1.165, 1.54) is 17.7 Å². The number of H-pyrrole nitrogens is 1. The number of allylic oxidation sites excluding steroid dienone is 2. The largest absolute Gasteiger partial charge is 0.489 e. The number of ether oxygens (including phenoxy) is 1. The minimum absolute atomic E-state index is 0.305. The van der Waals surface area contributed by atoms with Gasteiger partial charge in [-0.3, -0.25) is 0 Å². The summed E-state index contributed by atoms with van der Waals surface area (Å²) in [5, 5.41) is 1.95. The summed E-state index contributed by atoms with van der Waals surface area (Å²) in [5.74, 6) is 0.268. The Morgan fingerprint density at radius 1 is 1.38 bits per heavy atom. The lowest BCUT2D eigenvalue weighted by Crippen LogP contribution is -2.01. The number of nitrogens with one attached hydrogen (secondary N) is 1. The molecule has 0 fully saturated rings. The molecule has 0 spiro atoms. The predicted molar refractivity (Wildman–Crippen MR) is 99.3 cm³/mol. The molecule has 3 nitrogen and oxygen atoms in total. The summed E-state index contributed by atoms with van der Waals surface area (Å²) in [7, 11) is 0. The van der Waals surface area contributed by atoms with E-state index in [0.29, 0.717) is 28.6 Å². The van der Waals surface area contributed by atoms with Crippen molar-refractivity contribution in [1.82, 2.24) is 4.98 Å². The van der Waals surface area contributed by atoms with Gasteiger partial charge < -0.3 is 15.5 Å². The van der Waals surface area contributed by atoms with Gasteiger partial charge in [0, 0.05) is 16.3 Å². The van der Waals surface area contributed by atoms with Crippen molar-refractivity contribution in [3.63, 3.8) is 0 Å². The van der Waals surface area contributed by atoms with Crippen LogP contribution < -0.4 is 10.5 Å². The first-order chi connectivity index (χ1) is 11.5. The summed E-state index contributed by atoms with van der Waals surface area (Å²) in [4.78, 5) is 3.25. The third-order valence-corrected chi connectivity index (χ3v) is 4.52. The molecule has 0 saturated heterocycles. The van der Waals surface area contributed by atoms with Crippen LogP contribution in [-0.4, -0.2) is 11.6 Å². The van der Waals surface area contributed by atoms with Crippen LogP contribution in [0.3, 0.4) is 0 Å². The monoisotopic (exact) mass is 346 g/mol. The van der Waals surface area contributed by atoms with Gasteiger partial charge in [0.15, 0.2) is 5.75 Å². The highest BCUT2D eigenvalue weighted by molar-refractivity contribution is 6.38. The Morgan fingerprint density at radius 3 is 2.92 bits per heavy atom. The maximum Gasteiger partial charge on any atom is 0.166 e. The lowest BCUT2D eigenvalue weighted by atomic mass is 10.1. The Kier molecular flexibility index (Phi) is 4.67. The summed E-state index contributed by atoms with van der Waals surface area (Å²) in [5.41, 5.74) is 9.41. The molecule has 3 N–H and O–H groups in total. The number of fused-ring (bicyclic) bond motifs is 3. The van der Waals surface area contributed by atoms with Gasteiger partial charge in [-0.1, -0.05) is 23.3 Å². The Morgan fingerprint density at radius 2 is 2.17 bits per heavy atom. The molecule has 3 aromatic rings. The molecule has 2 aromatic carbocycles. The fourth-order valence-corrected chi connectivity index (χ4v) is 3.14. The number of aromatic amines is 1. The zero-order valence-corrected chi connectivity index (χ0v) is 14.5. The first-order valence-corrected chi connectivity index (χ1v) is 8.32. The Hall–Kier alpha value is -2.20. The smallest absolute Gasteiger partial charge is 0.166 e. The maximum absolute atomic E-state index is 13.6. The second-order valence-electron chi connectivity index (χ2n) is 5.93. The van der Waals surface area contributed by atoms with Crippen molar-refractivity contribution in [2.75, 3.05) is 12.3 Å². The van der Waals surface area contributed by atoms with Gasteiger partial charge in [-0.05, 0) is 51.0 Å². The molecule has 0 aliphatic rings. The third kappa shape index (κ3) is 3.06. The molecule has 24 heavy (non-hydrogen) atoms. The molecule has 0 aliphatic carbocycles. The van der Waals surface area contributed by atoms with Crippen molar-refractivity contribution < 1.29 is 9.13 Å². The van der Waals surface area contributed by atoms with Gasteiger partial charge >= 0.3 is 0 Å². The van der Waals surface area contributed by atoms with Crippen LogP contribution in [0, 0.1) is 5.82 Å². The highest BCUT2D eigenvalue weighted by atomic mass is 35.5. The molecular weight excluding hydrogens is 327 g/mol. The van der Waals surface area contributed by atoms with Gasteiger partial charge in [-0.15, -0.1) is 0 Å². The highest BCUT2D eigenvalue weighted by Crippen LogP contribution is 2.41. The molecule has 1 aromatic heterocycles. The van der Waals surface area contributed by atoms with Crippen LogP contribution in [0.2, 0.25) is 5.02 Å². The summed E-state index contributed by atoms with van der Waals surface area (Å²) in [6, 6.07) is 6.23. The van der Waals surface area contributed by atoms with Gasteiger partial charge in [0.2, 0.25) is 0 Å². The topological polar surface area (TPSA) is 51.0 Å². The number of nitrogen functional groups attached to an aromatic ring is 1. The fourth-order valence-electron chi connectivity index (χ4n) is 2.83. The van der Waals surface area contributed by atoms with Crippen molar-refractivity contribution in [3.05, 3.63) is 46.8 Å². The third-order valence-electron chi connectivity index (χ3n) is 4.23. The number of rotatable bonds is 5. The first kappa shape index (κ1) is 16.7. The number of hydrogen-bond donors (Lipinski definition) is 2. The fraction of sp³-hybridized carbons (Fsp3) is 0.263. The van der Waals surface area contributed by atoms with E-state index in [1.807, 2.05) is 6.92 Å². The van der Waals surface area contributed by atoms with Gasteiger partial charge in [-0.2, -0.15) is 0 Å². The van der Waals surface area contributed by atoms with Crippen LogP contribution in [0.4, 0.5) is 10.1 Å². The summed E-state index contributed by atoms with van der Waals surface area (Å²) in [6.07, 6.45) is 3.97. The molecule has 0 unspecified atom stereocenters. The quantitative estimate of drug-likeness (QED) is 0.347. The summed E-state index contributed by atoms with van der Waals surface area (Å²) in [6.45, 7) is 4.68. The zero-order valence-electron chi connectivity index (χ0n) is 13.7. The maximum atomic E-state index is 13.6. The molecule has 0 aliphatic heterocycles. The van der Waals surface area contributed by atoms with Crippen LogP contribution >= 0.6 is 11.6 Å². The number of hydrogen-bond acceptors (Lipinski definition) is 2. The van der Waals surface area contributed by atoms with Crippen molar-refractivity contribution in [3.8, 4) is 5.75 Å². The lowest BCUT2D eigenvalue weighted by molar-refractivity contribution is 0.315. The number of halogens is 2. The van der Waals surface area contributed by atoms with E-state index >= 15 is 0 Å². The Bertz CT molecular complexity index is 930. The second-order valence-corrected chi connectivity index (χ2v) is 6.34. The average Bonchev–Trinajstić information content (AvgIpc) is 2.92. The lowest BCUT2D eigenvalue weighted by Gasteiger charge is -2.11. The molecule has 0 bridgehead atoms. The number of aromatic nitrogens is 1. The average molecular weight is 347 g/mol. The predicted octanol–water partition coefficient (Wildman–Crippen LogP) is 5.82. The van der Waals surface area contributed by atoms with Crippen LogP contribution in [-0.2, 0) is 0 Å². The minimum Gasteiger partial charge on any atom is -0.489 e. The molecule has 0 saturated carbocycles. The molecular formula is C19H20ClFN2O. The molecule has 0 radical (unpaired) electrons. The number of nitrogens with two attached hydrogens (primary N) is 1. The molecule has 0 amide bonds. The normalized spacial score (nSPS) is 12.2. The number of benzene rings is 2. The van der Waals surface area contributed by atoms with Crippen LogP contribution in [0.1, 0.15) is 26.7 Å². The zero-order chi connectivity index (χ0) is 17.3. The van der Waals surface area contributed by atoms with Crippen molar-refractivity contribution >= 4 is 39.1 Å². The van der Waals surface area contributed by atoms with E-state index in [9.17, 15) is 4.39 Å². The second kappa shape index (κ2) is 6.73. The van der Waals surface area contributed by atoms with E-state index in [1.54, 1.807) is 12.1 Å². The van der Waals surface area contributed by atoms with Crippen LogP contribution in [0.5, 0.6) is 5.75 Å². The van der Waals surface area contributed by atoms with Gasteiger partial charge in [0.1, 0.15) is 5.82 Å². The molecule has 0 atom stereocenters. The molecule has 5 heteroatoms. The highest BCUT2D eigenvalue weighted by Gasteiger charge is 2.16. The van der Waals surface area contributed by atoms with Gasteiger partial charge in [0.25, 0.3) is 0 Å². The van der Waals surface area contributed by atoms with Crippen LogP contribution in [0.15, 0.2) is 35.9 Å². The van der Waals surface area contributed by atoms with Crippen molar-refractivity contribution in [2.24, 2.45) is 0 Å². The van der Waals surface area contributed by atoms with E-state index in [0.717, 1.165) is 29.1 Å². The standard InChI is InChI=1S/C19H20ClFN2O/c1-3-11(2)5-4-8-24-19-15(22)10-14(20)17-13-9-12(21)6-7-16(13)23-18(17)19/h3,6-7,9-10,23H,4-5,8,22H2,1-2H3/b11-3+. The van der Waals surface area contributed by atoms with E-state index in [2.05, 4.69) is 18.0 Å². The minimum atomic E-state index is -0.305. The summed E-state index contributed by atoms with van der Waals surface area (Å²) >= 11 is 6.34.